The van der Waals surface area contributed by atoms with E-state index >= 15 is 0 Å². The first kappa shape index (κ1) is 17.9. The molecule has 1 atom stereocenters. The Labute approximate surface area is 138 Å². The molecule has 1 amide bonds. The first-order chi connectivity index (χ1) is 11.2. The largest absolute Gasteiger partial charge is 0.349 e. The highest BCUT2D eigenvalue weighted by atomic mass is 19.1. The number of nitrogens with one attached hydrogen (secondary N) is 1. The molecule has 1 aliphatic carbocycles. The number of benzene rings is 1. The number of amides is 1. The molecular formula is C19H29FN2O. The summed E-state index contributed by atoms with van der Waals surface area (Å²) >= 11 is 0. The van der Waals surface area contributed by atoms with Crippen LogP contribution >= 0.6 is 0 Å². The molecule has 23 heavy (non-hydrogen) atoms. The predicted octanol–water partition coefficient (Wildman–Crippen LogP) is 4.08. The number of nitrogens with two attached hydrogens (primary N) is 1. The minimum absolute atomic E-state index is 0.0512. The van der Waals surface area contributed by atoms with E-state index in [0.29, 0.717) is 12.3 Å². The van der Waals surface area contributed by atoms with Gasteiger partial charge in [0.25, 0.3) is 0 Å². The van der Waals surface area contributed by atoms with E-state index in [0.717, 1.165) is 50.6 Å². The number of hydrogen-bond donors (Lipinski definition) is 2. The van der Waals surface area contributed by atoms with Crippen molar-refractivity contribution < 1.29 is 9.18 Å². The van der Waals surface area contributed by atoms with Gasteiger partial charge in [-0.1, -0.05) is 37.8 Å². The third-order valence-corrected chi connectivity index (χ3v) is 4.75. The monoisotopic (exact) mass is 320 g/mol. The van der Waals surface area contributed by atoms with Gasteiger partial charge in [0.2, 0.25) is 5.91 Å². The molecule has 1 unspecified atom stereocenters. The minimum Gasteiger partial charge on any atom is -0.349 e. The maximum atomic E-state index is 13.5. The number of carbonyl (C=O) groups is 1. The van der Waals surface area contributed by atoms with Gasteiger partial charge < -0.3 is 11.1 Å². The molecule has 3 N–H and O–H groups in total. The molecule has 1 aromatic rings. The number of hydrogen-bond acceptors (Lipinski definition) is 2. The Balaban J connectivity index is 1.91. The molecule has 0 aliphatic heterocycles. The standard InChI is InChI=1S/C19H29FN2O/c20-17-11-7-10-16(14-17)19(15-8-4-5-9-15)22-18(23)12-3-1-2-6-13-21/h7,10-11,14-15,19H,1-6,8-9,12-13,21H2,(H,22,23). The Morgan fingerprint density at radius 3 is 2.65 bits per heavy atom. The van der Waals surface area contributed by atoms with Crippen LogP contribution in [0.5, 0.6) is 0 Å². The Morgan fingerprint density at radius 1 is 1.22 bits per heavy atom. The summed E-state index contributed by atoms with van der Waals surface area (Å²) in [6.45, 7) is 0.718. The van der Waals surface area contributed by atoms with E-state index in [1.165, 1.54) is 18.9 Å². The molecule has 0 bridgehead atoms. The first-order valence-electron chi connectivity index (χ1n) is 8.95. The average Bonchev–Trinajstić information content (AvgIpc) is 3.06. The SMILES string of the molecule is NCCCCCCC(=O)NC(c1cccc(F)c1)C1CCCC1. The van der Waals surface area contributed by atoms with Gasteiger partial charge in [-0.05, 0) is 55.8 Å². The van der Waals surface area contributed by atoms with Gasteiger partial charge in [-0.3, -0.25) is 4.79 Å². The van der Waals surface area contributed by atoms with Crippen LogP contribution in [0, 0.1) is 11.7 Å². The summed E-state index contributed by atoms with van der Waals surface area (Å²) < 4.78 is 13.5. The molecular weight excluding hydrogens is 291 g/mol. The fourth-order valence-corrected chi connectivity index (χ4v) is 3.49. The highest BCUT2D eigenvalue weighted by molar-refractivity contribution is 5.76. The Bertz CT molecular complexity index is 486. The molecule has 0 radical (unpaired) electrons. The molecule has 1 saturated carbocycles. The van der Waals surface area contributed by atoms with Crippen molar-refractivity contribution in [3.05, 3.63) is 35.6 Å². The van der Waals surface area contributed by atoms with E-state index in [9.17, 15) is 9.18 Å². The molecule has 128 valence electrons. The fraction of sp³-hybridized carbons (Fsp3) is 0.632. The van der Waals surface area contributed by atoms with Crippen molar-refractivity contribution in [2.24, 2.45) is 11.7 Å². The van der Waals surface area contributed by atoms with E-state index in [-0.39, 0.29) is 17.8 Å². The molecule has 3 nitrogen and oxygen atoms in total. The maximum absolute atomic E-state index is 13.5. The quantitative estimate of drug-likeness (QED) is 0.674. The highest BCUT2D eigenvalue weighted by Gasteiger charge is 2.27. The van der Waals surface area contributed by atoms with Crippen LogP contribution in [-0.2, 0) is 4.79 Å². The lowest BCUT2D eigenvalue weighted by Crippen LogP contribution is -2.32. The number of unbranched alkanes of at least 4 members (excludes halogenated alkanes) is 3. The van der Waals surface area contributed by atoms with Gasteiger partial charge in [-0.25, -0.2) is 4.39 Å². The van der Waals surface area contributed by atoms with Crippen LogP contribution in [0.1, 0.15) is 69.4 Å². The van der Waals surface area contributed by atoms with Crippen LogP contribution < -0.4 is 11.1 Å². The number of carbonyl (C=O) groups excluding carboxylic acids is 1. The molecule has 1 aliphatic rings. The molecule has 4 heteroatoms. The lowest BCUT2D eigenvalue weighted by molar-refractivity contribution is -0.122. The van der Waals surface area contributed by atoms with Crippen LogP contribution in [0.2, 0.25) is 0 Å². The van der Waals surface area contributed by atoms with Gasteiger partial charge >= 0.3 is 0 Å². The summed E-state index contributed by atoms with van der Waals surface area (Å²) in [6, 6.07) is 6.61. The van der Waals surface area contributed by atoms with Crippen molar-refractivity contribution in [1.82, 2.24) is 5.32 Å². The van der Waals surface area contributed by atoms with Crippen LogP contribution in [0.4, 0.5) is 4.39 Å². The van der Waals surface area contributed by atoms with Crippen LogP contribution in [0.25, 0.3) is 0 Å². The summed E-state index contributed by atoms with van der Waals surface area (Å²) in [7, 11) is 0. The van der Waals surface area contributed by atoms with Gasteiger partial charge in [-0.15, -0.1) is 0 Å². The third kappa shape index (κ3) is 5.94. The number of rotatable bonds is 9. The Morgan fingerprint density at radius 2 is 1.96 bits per heavy atom. The van der Waals surface area contributed by atoms with Crippen LogP contribution in [-0.4, -0.2) is 12.5 Å². The summed E-state index contributed by atoms with van der Waals surface area (Å²) in [5, 5.41) is 3.16. The van der Waals surface area contributed by atoms with Gasteiger partial charge in [0.1, 0.15) is 5.82 Å². The number of halogens is 1. The van der Waals surface area contributed by atoms with Crippen molar-refractivity contribution in [3.8, 4) is 0 Å². The predicted molar refractivity (Wildman–Crippen MR) is 91.4 cm³/mol. The van der Waals surface area contributed by atoms with E-state index < -0.39 is 0 Å². The third-order valence-electron chi connectivity index (χ3n) is 4.75. The van der Waals surface area contributed by atoms with Gasteiger partial charge in [-0.2, -0.15) is 0 Å². The second-order valence-electron chi connectivity index (χ2n) is 6.60. The van der Waals surface area contributed by atoms with E-state index in [1.54, 1.807) is 12.1 Å². The van der Waals surface area contributed by atoms with E-state index in [2.05, 4.69) is 5.32 Å². The summed E-state index contributed by atoms with van der Waals surface area (Å²) in [4.78, 5) is 12.3. The smallest absolute Gasteiger partial charge is 0.220 e. The Kier molecular flexibility index (Phi) is 7.53. The molecule has 2 rings (SSSR count). The maximum Gasteiger partial charge on any atom is 0.220 e. The molecule has 1 aromatic carbocycles. The molecule has 0 spiro atoms. The van der Waals surface area contributed by atoms with E-state index in [4.69, 9.17) is 5.73 Å². The second kappa shape index (κ2) is 9.66. The minimum atomic E-state index is -0.235. The van der Waals surface area contributed by atoms with Crippen molar-refractivity contribution in [2.75, 3.05) is 6.54 Å². The highest BCUT2D eigenvalue weighted by Crippen LogP contribution is 2.36. The van der Waals surface area contributed by atoms with Crippen LogP contribution in [0.15, 0.2) is 24.3 Å². The van der Waals surface area contributed by atoms with E-state index in [1.807, 2.05) is 6.07 Å². The average molecular weight is 320 g/mol. The molecule has 1 fully saturated rings. The van der Waals surface area contributed by atoms with Gasteiger partial charge in [0.15, 0.2) is 0 Å². The first-order valence-corrected chi connectivity index (χ1v) is 8.95. The molecule has 0 aromatic heterocycles. The zero-order chi connectivity index (χ0) is 16.5. The summed E-state index contributed by atoms with van der Waals surface area (Å²) in [5.41, 5.74) is 6.37. The summed E-state index contributed by atoms with van der Waals surface area (Å²) in [6.07, 6.45) is 9.20. The van der Waals surface area contributed by atoms with Crippen molar-refractivity contribution >= 4 is 5.91 Å². The zero-order valence-electron chi connectivity index (χ0n) is 13.9. The summed E-state index contributed by atoms with van der Waals surface area (Å²) in [5.74, 6) is 0.276. The fourth-order valence-electron chi connectivity index (χ4n) is 3.49. The topological polar surface area (TPSA) is 55.1 Å². The second-order valence-corrected chi connectivity index (χ2v) is 6.60. The van der Waals surface area contributed by atoms with Crippen LogP contribution in [0.3, 0.4) is 0 Å². The van der Waals surface area contributed by atoms with Gasteiger partial charge in [0.05, 0.1) is 6.04 Å². The Hall–Kier alpha value is -1.42. The zero-order valence-corrected chi connectivity index (χ0v) is 13.9. The lowest BCUT2D eigenvalue weighted by Gasteiger charge is -2.25. The lowest BCUT2D eigenvalue weighted by atomic mass is 9.91. The normalized spacial score (nSPS) is 16.4. The van der Waals surface area contributed by atoms with Crippen molar-refractivity contribution in [3.63, 3.8) is 0 Å². The molecule has 0 saturated heterocycles. The molecule has 0 heterocycles. The van der Waals surface area contributed by atoms with Crippen molar-refractivity contribution in [1.29, 1.82) is 0 Å². The van der Waals surface area contributed by atoms with Crippen molar-refractivity contribution in [2.45, 2.75) is 63.8 Å². The van der Waals surface area contributed by atoms with Gasteiger partial charge in [0, 0.05) is 6.42 Å².